The fraction of sp³-hybridized carbons (Fsp3) is 0.617. The lowest BCUT2D eigenvalue weighted by atomic mass is 10.1. The van der Waals surface area contributed by atoms with E-state index in [1.165, 1.54) is 64.2 Å². The number of hydrogen-bond donors (Lipinski definition) is 0. The van der Waals surface area contributed by atoms with Gasteiger partial charge in [-0.2, -0.15) is 0 Å². The van der Waals surface area contributed by atoms with Gasteiger partial charge in [0.25, 0.3) is 0 Å². The first-order valence-electron chi connectivity index (χ1n) is 26.5. The Morgan fingerprint density at radius 1 is 0.318 bits per heavy atom. The van der Waals surface area contributed by atoms with Crippen LogP contribution in [0.3, 0.4) is 0 Å². The van der Waals surface area contributed by atoms with Gasteiger partial charge in [0.1, 0.15) is 13.2 Å². The molecule has 0 N–H and O–H groups in total. The van der Waals surface area contributed by atoms with Crippen molar-refractivity contribution in [3.63, 3.8) is 0 Å². The Bertz CT molecular complexity index is 1420. The Kier molecular flexibility index (Phi) is 50.0. The van der Waals surface area contributed by atoms with Crippen molar-refractivity contribution in [3.05, 3.63) is 122 Å². The van der Waals surface area contributed by atoms with E-state index in [1.54, 1.807) is 0 Å². The van der Waals surface area contributed by atoms with Gasteiger partial charge in [-0.3, -0.25) is 14.4 Å². The molecule has 0 aliphatic heterocycles. The molecule has 0 aromatic heterocycles. The summed E-state index contributed by atoms with van der Waals surface area (Å²) >= 11 is 0. The summed E-state index contributed by atoms with van der Waals surface area (Å²) in [6, 6.07) is 0. The quantitative estimate of drug-likeness (QED) is 0.0262. The summed E-state index contributed by atoms with van der Waals surface area (Å²) in [6.45, 7) is 6.30. The number of allylic oxidation sites excluding steroid dienone is 20. The zero-order chi connectivity index (χ0) is 47.9. The number of unbranched alkanes of at least 4 members (excludes halogenated alkanes) is 15. The molecule has 0 aromatic carbocycles. The first-order chi connectivity index (χ1) is 32.5. The standard InChI is InChI=1S/C60H96O6/c1-4-7-10-13-16-19-22-25-28-30-33-35-38-41-44-47-50-53-59(62)65-56-57(55-64-58(61)52-49-46-43-40-37-34-31-27-24-21-18-15-12-9-6-3)66-60(63)54-51-48-45-42-39-36-32-29-26-23-20-17-14-11-8-5-2/h7-8,10-11,16-17,19-21,24-26,28-29,33,35-36,39,41,44,57H,4-6,9,12-15,18,22-23,27,30-32,34,37-38,40,42-43,45-56H2,1-3H3/b10-7-,11-8-,19-16-,20-17-,24-21-,28-25-,29-26-,35-33-,39-36-,44-41-. The average Bonchev–Trinajstić information content (AvgIpc) is 3.31. The van der Waals surface area contributed by atoms with E-state index in [0.29, 0.717) is 19.3 Å². The van der Waals surface area contributed by atoms with Crippen molar-refractivity contribution >= 4 is 17.9 Å². The number of esters is 3. The second-order valence-corrected chi connectivity index (χ2v) is 17.0. The van der Waals surface area contributed by atoms with Crippen LogP contribution in [0.1, 0.15) is 220 Å². The molecule has 0 amide bonds. The lowest BCUT2D eigenvalue weighted by Crippen LogP contribution is -2.30. The van der Waals surface area contributed by atoms with Gasteiger partial charge in [0.15, 0.2) is 6.10 Å². The predicted octanol–water partition coefficient (Wildman–Crippen LogP) is 17.7. The molecular formula is C60H96O6. The third-order valence-corrected chi connectivity index (χ3v) is 10.7. The molecular weight excluding hydrogens is 817 g/mol. The minimum atomic E-state index is -0.823. The Morgan fingerprint density at radius 2 is 0.606 bits per heavy atom. The molecule has 0 radical (unpaired) electrons. The summed E-state index contributed by atoms with van der Waals surface area (Å²) in [5.74, 6) is -1.02. The number of rotatable bonds is 46. The van der Waals surface area contributed by atoms with Crippen molar-refractivity contribution in [2.24, 2.45) is 0 Å². The van der Waals surface area contributed by atoms with Crippen molar-refractivity contribution < 1.29 is 28.6 Å². The van der Waals surface area contributed by atoms with Crippen LogP contribution >= 0.6 is 0 Å². The van der Waals surface area contributed by atoms with Crippen molar-refractivity contribution in [2.75, 3.05) is 13.2 Å². The second-order valence-electron chi connectivity index (χ2n) is 17.0. The molecule has 0 aliphatic rings. The zero-order valence-electron chi connectivity index (χ0n) is 42.4. The Labute approximate surface area is 405 Å². The van der Waals surface area contributed by atoms with Crippen molar-refractivity contribution in [2.45, 2.75) is 226 Å². The summed E-state index contributed by atoms with van der Waals surface area (Å²) in [5.41, 5.74) is 0. The molecule has 0 rings (SSSR count). The molecule has 0 saturated heterocycles. The van der Waals surface area contributed by atoms with Crippen LogP contribution in [0.25, 0.3) is 0 Å². The molecule has 0 aromatic rings. The highest BCUT2D eigenvalue weighted by atomic mass is 16.6. The summed E-state index contributed by atoms with van der Waals surface area (Å²) in [5, 5.41) is 0. The van der Waals surface area contributed by atoms with Crippen LogP contribution in [-0.2, 0) is 28.6 Å². The van der Waals surface area contributed by atoms with Crippen LogP contribution < -0.4 is 0 Å². The van der Waals surface area contributed by atoms with E-state index >= 15 is 0 Å². The summed E-state index contributed by atoms with van der Waals surface area (Å²) in [6.07, 6.45) is 73.3. The summed E-state index contributed by atoms with van der Waals surface area (Å²) < 4.78 is 16.7. The lowest BCUT2D eigenvalue weighted by Gasteiger charge is -2.18. The third kappa shape index (κ3) is 50.8. The first kappa shape index (κ1) is 61.8. The maximum atomic E-state index is 12.8. The van der Waals surface area contributed by atoms with Gasteiger partial charge in [-0.05, 0) is 122 Å². The normalized spacial score (nSPS) is 13.1. The second kappa shape index (κ2) is 53.4. The maximum Gasteiger partial charge on any atom is 0.306 e. The van der Waals surface area contributed by atoms with Crippen LogP contribution in [0.2, 0.25) is 0 Å². The predicted molar refractivity (Wildman–Crippen MR) is 283 cm³/mol. The Hall–Kier alpha value is -4.19. The largest absolute Gasteiger partial charge is 0.462 e. The fourth-order valence-corrected chi connectivity index (χ4v) is 6.76. The van der Waals surface area contributed by atoms with E-state index in [-0.39, 0.29) is 44.0 Å². The van der Waals surface area contributed by atoms with Gasteiger partial charge in [0.05, 0.1) is 0 Å². The molecule has 6 heteroatoms. The zero-order valence-corrected chi connectivity index (χ0v) is 42.4. The molecule has 0 saturated carbocycles. The number of hydrogen-bond acceptors (Lipinski definition) is 6. The van der Waals surface area contributed by atoms with E-state index in [2.05, 4.69) is 142 Å². The third-order valence-electron chi connectivity index (χ3n) is 10.7. The van der Waals surface area contributed by atoms with Gasteiger partial charge in [0.2, 0.25) is 0 Å². The van der Waals surface area contributed by atoms with Crippen LogP contribution in [0.4, 0.5) is 0 Å². The molecule has 66 heavy (non-hydrogen) atoms. The van der Waals surface area contributed by atoms with E-state index in [4.69, 9.17) is 14.2 Å². The van der Waals surface area contributed by atoms with Crippen molar-refractivity contribution in [1.29, 1.82) is 0 Å². The van der Waals surface area contributed by atoms with Crippen molar-refractivity contribution in [1.82, 2.24) is 0 Å². The molecule has 0 bridgehead atoms. The number of ether oxygens (including phenoxy) is 3. The van der Waals surface area contributed by atoms with Gasteiger partial charge in [-0.25, -0.2) is 0 Å². The molecule has 0 fully saturated rings. The minimum absolute atomic E-state index is 0.114. The number of carbonyl (C=O) groups is 3. The number of carbonyl (C=O) groups excluding carboxylic acids is 3. The van der Waals surface area contributed by atoms with Gasteiger partial charge in [-0.1, -0.05) is 200 Å². The summed E-state index contributed by atoms with van der Waals surface area (Å²) in [4.78, 5) is 38.0. The first-order valence-corrected chi connectivity index (χ1v) is 26.5. The van der Waals surface area contributed by atoms with Gasteiger partial charge >= 0.3 is 17.9 Å². The maximum absolute atomic E-state index is 12.8. The van der Waals surface area contributed by atoms with Crippen molar-refractivity contribution in [3.8, 4) is 0 Å². The smallest absolute Gasteiger partial charge is 0.306 e. The van der Waals surface area contributed by atoms with E-state index < -0.39 is 6.10 Å². The Morgan fingerprint density at radius 3 is 1.02 bits per heavy atom. The minimum Gasteiger partial charge on any atom is -0.462 e. The van der Waals surface area contributed by atoms with Gasteiger partial charge < -0.3 is 14.2 Å². The topological polar surface area (TPSA) is 78.9 Å². The average molecular weight is 913 g/mol. The lowest BCUT2D eigenvalue weighted by molar-refractivity contribution is -0.167. The summed E-state index contributed by atoms with van der Waals surface area (Å²) in [7, 11) is 0. The van der Waals surface area contributed by atoms with Crippen LogP contribution in [-0.4, -0.2) is 37.2 Å². The van der Waals surface area contributed by atoms with E-state index in [0.717, 1.165) is 103 Å². The Balaban J connectivity index is 4.56. The highest BCUT2D eigenvalue weighted by molar-refractivity contribution is 5.71. The molecule has 0 spiro atoms. The molecule has 372 valence electrons. The monoisotopic (exact) mass is 913 g/mol. The van der Waals surface area contributed by atoms with E-state index in [1.807, 2.05) is 0 Å². The molecule has 1 atom stereocenters. The molecule has 1 unspecified atom stereocenters. The molecule has 6 nitrogen and oxygen atoms in total. The van der Waals surface area contributed by atoms with E-state index in [9.17, 15) is 14.4 Å². The van der Waals surface area contributed by atoms with Crippen LogP contribution in [0.5, 0.6) is 0 Å². The highest BCUT2D eigenvalue weighted by Crippen LogP contribution is 2.13. The SMILES string of the molecule is CC/C=C\C/C=C\C/C=C\C/C=C\C/C=C\CCCC(=O)OCC(COC(=O)CCCCCCCCC/C=C\CCCCCC)OC(=O)CCCCC/C=C\C/C=C\C/C=C\C/C=C\CC. The van der Waals surface area contributed by atoms with Crippen LogP contribution in [0, 0.1) is 0 Å². The fourth-order valence-electron chi connectivity index (χ4n) is 6.76. The molecule has 0 aliphatic carbocycles. The highest BCUT2D eigenvalue weighted by Gasteiger charge is 2.19. The molecule has 0 heterocycles. The van der Waals surface area contributed by atoms with Gasteiger partial charge in [-0.15, -0.1) is 0 Å². The van der Waals surface area contributed by atoms with Gasteiger partial charge in [0, 0.05) is 19.3 Å². The van der Waals surface area contributed by atoms with Crippen LogP contribution in [0.15, 0.2) is 122 Å².